The molecule has 0 unspecified atom stereocenters. The molecule has 0 radical (unpaired) electrons. The normalized spacial score (nSPS) is 20.8. The first kappa shape index (κ1) is 26.5. The third-order valence-corrected chi connectivity index (χ3v) is 6.84. The SMILES string of the molecule is COC1=CC(=O)C[C@@H](C)[C@]12Oc1c(Cl)c(C(=O)Oc3c(Cl)cc(Cl)cc3Cl)cc(OC(F)F)c1C2=O. The molecule has 13 heteroatoms. The number of ether oxygens (including phenoxy) is 4. The molecule has 2 atom stereocenters. The molecule has 4 rings (SSSR count). The van der Waals surface area contributed by atoms with Crippen molar-refractivity contribution in [2.45, 2.75) is 25.6 Å². The molecule has 1 spiro atoms. The number of hydrogen-bond donors (Lipinski definition) is 0. The van der Waals surface area contributed by atoms with Gasteiger partial charge in [0.15, 0.2) is 23.0 Å². The van der Waals surface area contributed by atoms with Crippen LogP contribution >= 0.6 is 46.4 Å². The van der Waals surface area contributed by atoms with Crippen molar-refractivity contribution in [1.82, 2.24) is 0 Å². The maximum absolute atomic E-state index is 13.6. The van der Waals surface area contributed by atoms with Gasteiger partial charge in [0.05, 0.1) is 27.7 Å². The Bertz CT molecular complexity index is 1320. The molecule has 0 amide bonds. The number of alkyl halides is 2. The molecule has 7 nitrogen and oxygen atoms in total. The first-order valence-electron chi connectivity index (χ1n) is 10.1. The fourth-order valence-corrected chi connectivity index (χ4v) is 5.28. The van der Waals surface area contributed by atoms with Crippen molar-refractivity contribution >= 4 is 63.9 Å². The van der Waals surface area contributed by atoms with Crippen LogP contribution in [0.1, 0.15) is 34.1 Å². The Morgan fingerprint density at radius 1 is 1.14 bits per heavy atom. The van der Waals surface area contributed by atoms with Gasteiger partial charge >= 0.3 is 12.6 Å². The largest absolute Gasteiger partial charge is 0.496 e. The van der Waals surface area contributed by atoms with E-state index in [2.05, 4.69) is 4.74 Å². The minimum absolute atomic E-state index is 0.0995. The van der Waals surface area contributed by atoms with E-state index in [1.807, 2.05) is 0 Å². The highest BCUT2D eigenvalue weighted by atomic mass is 35.5. The number of esters is 1. The van der Waals surface area contributed by atoms with E-state index in [1.165, 1.54) is 19.2 Å². The average Bonchev–Trinajstić information content (AvgIpc) is 3.09. The number of hydrogen-bond acceptors (Lipinski definition) is 7. The Morgan fingerprint density at radius 2 is 1.78 bits per heavy atom. The molecule has 0 N–H and O–H groups in total. The van der Waals surface area contributed by atoms with Gasteiger partial charge in [-0.25, -0.2) is 4.79 Å². The second-order valence-corrected chi connectivity index (χ2v) is 9.49. The fraction of sp³-hybridized carbons (Fsp3) is 0.261. The third-order valence-electron chi connectivity index (χ3n) is 5.69. The van der Waals surface area contributed by atoms with E-state index in [4.69, 9.17) is 60.6 Å². The van der Waals surface area contributed by atoms with Crippen LogP contribution in [0.4, 0.5) is 8.78 Å². The third kappa shape index (κ3) is 4.28. The maximum atomic E-state index is 13.6. The monoisotopic (exact) mass is 580 g/mol. The van der Waals surface area contributed by atoms with Gasteiger partial charge in [-0.05, 0) is 18.2 Å². The van der Waals surface area contributed by atoms with Crippen molar-refractivity contribution in [2.24, 2.45) is 5.92 Å². The molecule has 2 aromatic carbocycles. The summed E-state index contributed by atoms with van der Waals surface area (Å²) in [6.45, 7) is -1.82. The number of benzene rings is 2. The Labute approximate surface area is 222 Å². The molecule has 2 aliphatic rings. The Hall–Kier alpha value is -2.59. The number of allylic oxidation sites excluding steroid dienone is 1. The molecule has 190 valence electrons. The molecule has 1 aliphatic carbocycles. The summed E-state index contributed by atoms with van der Waals surface area (Å²) < 4.78 is 47.6. The van der Waals surface area contributed by atoms with Crippen LogP contribution in [0, 0.1) is 5.92 Å². The highest BCUT2D eigenvalue weighted by Crippen LogP contribution is 2.53. The van der Waals surface area contributed by atoms with Crippen molar-refractivity contribution in [3.05, 3.63) is 61.3 Å². The summed E-state index contributed by atoms with van der Waals surface area (Å²) >= 11 is 24.4. The quantitative estimate of drug-likeness (QED) is 0.291. The van der Waals surface area contributed by atoms with Crippen LogP contribution in [-0.4, -0.2) is 36.9 Å². The predicted octanol–water partition coefficient (Wildman–Crippen LogP) is 6.57. The number of fused-ring (bicyclic) bond motifs is 1. The molecule has 0 aromatic heterocycles. The van der Waals surface area contributed by atoms with Crippen LogP contribution < -0.4 is 14.2 Å². The fourth-order valence-electron chi connectivity index (χ4n) is 4.12. The first-order valence-corrected chi connectivity index (χ1v) is 11.6. The van der Waals surface area contributed by atoms with Gasteiger partial charge in [-0.15, -0.1) is 0 Å². The van der Waals surface area contributed by atoms with Gasteiger partial charge in [0, 0.05) is 23.4 Å². The lowest BCUT2D eigenvalue weighted by Crippen LogP contribution is -2.51. The van der Waals surface area contributed by atoms with Crippen molar-refractivity contribution in [1.29, 1.82) is 0 Å². The van der Waals surface area contributed by atoms with Gasteiger partial charge < -0.3 is 18.9 Å². The van der Waals surface area contributed by atoms with E-state index in [-0.39, 0.29) is 38.8 Å². The van der Waals surface area contributed by atoms with E-state index < -0.39 is 57.5 Å². The predicted molar refractivity (Wildman–Crippen MR) is 126 cm³/mol. The van der Waals surface area contributed by atoms with E-state index in [9.17, 15) is 23.2 Å². The van der Waals surface area contributed by atoms with Crippen LogP contribution in [-0.2, 0) is 9.53 Å². The van der Waals surface area contributed by atoms with Crippen molar-refractivity contribution in [2.75, 3.05) is 7.11 Å². The van der Waals surface area contributed by atoms with Gasteiger partial charge in [0.1, 0.15) is 11.3 Å². The summed E-state index contributed by atoms with van der Waals surface area (Å²) in [4.78, 5) is 38.7. The van der Waals surface area contributed by atoms with Crippen molar-refractivity contribution in [3.63, 3.8) is 0 Å². The molecular weight excluding hydrogens is 568 g/mol. The lowest BCUT2D eigenvalue weighted by atomic mass is 9.75. The number of halogens is 6. The van der Waals surface area contributed by atoms with Crippen LogP contribution in [0.25, 0.3) is 0 Å². The smallest absolute Gasteiger partial charge is 0.387 e. The van der Waals surface area contributed by atoms with Crippen LogP contribution in [0.2, 0.25) is 20.1 Å². The first-order chi connectivity index (χ1) is 16.9. The molecule has 0 saturated carbocycles. The zero-order valence-corrected chi connectivity index (χ0v) is 21.3. The van der Waals surface area contributed by atoms with Gasteiger partial charge in [-0.1, -0.05) is 53.3 Å². The van der Waals surface area contributed by atoms with E-state index in [1.54, 1.807) is 6.92 Å². The zero-order valence-electron chi connectivity index (χ0n) is 18.3. The van der Waals surface area contributed by atoms with Gasteiger partial charge in [-0.3, -0.25) is 9.59 Å². The Balaban J connectivity index is 1.86. The van der Waals surface area contributed by atoms with E-state index in [0.29, 0.717) is 0 Å². The standard InChI is InChI=1S/C23H14Cl4F2O7/c1-8-3-10(30)6-15(33-2)23(8)20(31)16-14(34-22(28)29)7-11(17(27)19(16)36-23)21(32)35-18-12(25)4-9(24)5-13(18)26/h4-8,22H,3H2,1-2H3/t8-,23+/m1/s1. The lowest BCUT2D eigenvalue weighted by molar-refractivity contribution is -0.118. The summed E-state index contributed by atoms with van der Waals surface area (Å²) in [5.74, 6) is -4.61. The highest BCUT2D eigenvalue weighted by Gasteiger charge is 2.60. The van der Waals surface area contributed by atoms with E-state index in [0.717, 1.165) is 12.1 Å². The lowest BCUT2D eigenvalue weighted by Gasteiger charge is -2.36. The summed E-state index contributed by atoms with van der Waals surface area (Å²) in [5, 5.41) is -0.471. The molecule has 1 aliphatic heterocycles. The second kappa shape index (κ2) is 9.70. The minimum atomic E-state index is -3.37. The molecule has 1 heterocycles. The number of carbonyl (C=O) groups excluding carboxylic acids is 3. The number of Topliss-reactive ketones (excluding diaryl/α,β-unsaturated/α-hetero) is 1. The molecule has 36 heavy (non-hydrogen) atoms. The van der Waals surface area contributed by atoms with Gasteiger partial charge in [0.2, 0.25) is 11.4 Å². The van der Waals surface area contributed by atoms with Crippen LogP contribution in [0.3, 0.4) is 0 Å². The number of carbonyl (C=O) groups is 3. The minimum Gasteiger partial charge on any atom is -0.496 e. The summed E-state index contributed by atoms with van der Waals surface area (Å²) in [6, 6.07) is 3.36. The Kier molecular flexibility index (Phi) is 7.13. The molecule has 0 saturated heterocycles. The molecule has 0 bridgehead atoms. The maximum Gasteiger partial charge on any atom is 0.387 e. The van der Waals surface area contributed by atoms with Gasteiger partial charge in [-0.2, -0.15) is 8.78 Å². The summed E-state index contributed by atoms with van der Waals surface area (Å²) in [5.41, 5.74) is -2.82. The van der Waals surface area contributed by atoms with Crippen molar-refractivity contribution < 1.29 is 42.1 Å². The number of ketones is 2. The Morgan fingerprint density at radius 3 is 2.36 bits per heavy atom. The van der Waals surface area contributed by atoms with Gasteiger partial charge in [0.25, 0.3) is 0 Å². The van der Waals surface area contributed by atoms with Crippen LogP contribution in [0.5, 0.6) is 17.2 Å². The second-order valence-electron chi connectivity index (χ2n) is 7.86. The van der Waals surface area contributed by atoms with E-state index >= 15 is 0 Å². The molecule has 0 fully saturated rings. The number of rotatable bonds is 5. The average molecular weight is 582 g/mol. The summed E-state index contributed by atoms with van der Waals surface area (Å²) in [6.07, 6.45) is 0.989. The molecule has 2 aromatic rings. The number of methoxy groups -OCH3 is 1. The summed E-state index contributed by atoms with van der Waals surface area (Å²) in [7, 11) is 1.22. The topological polar surface area (TPSA) is 88.1 Å². The highest BCUT2D eigenvalue weighted by molar-refractivity contribution is 6.40. The molecular formula is C23H14Cl4F2O7. The van der Waals surface area contributed by atoms with Crippen molar-refractivity contribution in [3.8, 4) is 17.2 Å². The van der Waals surface area contributed by atoms with Crippen LogP contribution in [0.15, 0.2) is 30.0 Å². The zero-order chi connectivity index (χ0) is 26.5.